The molecule has 3 aromatic carbocycles. The number of halogens is 1. The molecule has 3 amide bonds. The number of hydrogen-bond acceptors (Lipinski definition) is 4. The minimum atomic E-state index is -0.825. The van der Waals surface area contributed by atoms with Gasteiger partial charge in [-0.05, 0) is 75.8 Å². The van der Waals surface area contributed by atoms with Gasteiger partial charge in [0.05, 0.1) is 10.6 Å². The van der Waals surface area contributed by atoms with Gasteiger partial charge in [0.15, 0.2) is 0 Å². The molecule has 1 saturated carbocycles. The lowest BCUT2D eigenvalue weighted by Crippen LogP contribution is -2.53. The van der Waals surface area contributed by atoms with E-state index in [9.17, 15) is 14.4 Å². The van der Waals surface area contributed by atoms with Crippen molar-refractivity contribution in [2.45, 2.75) is 89.9 Å². The molecule has 0 saturated heterocycles. The van der Waals surface area contributed by atoms with Crippen molar-refractivity contribution in [3.05, 3.63) is 101 Å². The number of nitrogens with one attached hydrogen (secondary N) is 2. The summed E-state index contributed by atoms with van der Waals surface area (Å²) in [5.41, 5.74) is 1.91. The van der Waals surface area contributed by atoms with Gasteiger partial charge in [0, 0.05) is 18.3 Å². The van der Waals surface area contributed by atoms with Crippen LogP contribution in [0.15, 0.2) is 78.9 Å². The predicted molar refractivity (Wildman–Crippen MR) is 171 cm³/mol. The van der Waals surface area contributed by atoms with Crippen LogP contribution in [0.1, 0.15) is 80.8 Å². The highest BCUT2D eigenvalue weighted by atomic mass is 35.5. The number of para-hydroxylation sites is 1. The number of nitrogens with zero attached hydrogens (tertiary/aromatic N) is 1. The molecule has 0 heterocycles. The molecule has 1 aliphatic carbocycles. The first-order valence-corrected chi connectivity index (χ1v) is 15.5. The molecule has 228 valence electrons. The highest BCUT2D eigenvalue weighted by Crippen LogP contribution is 2.30. The van der Waals surface area contributed by atoms with Crippen LogP contribution < -0.4 is 15.5 Å². The Labute approximate surface area is 260 Å². The summed E-state index contributed by atoms with van der Waals surface area (Å²) in [5, 5.41) is 6.38. The maximum Gasteiger partial charge on any atom is 0.407 e. The summed E-state index contributed by atoms with van der Waals surface area (Å²) in [5.74, 6) is -0.578. The minimum Gasteiger partial charge on any atom is -0.444 e. The molecule has 8 heteroatoms. The molecule has 7 nitrogen and oxygen atoms in total. The number of anilines is 1. The van der Waals surface area contributed by atoms with Crippen LogP contribution in [0.25, 0.3) is 0 Å². The van der Waals surface area contributed by atoms with Crippen LogP contribution in [-0.2, 0) is 22.5 Å². The van der Waals surface area contributed by atoms with Gasteiger partial charge >= 0.3 is 6.09 Å². The number of benzene rings is 3. The number of carbonyl (C=O) groups excluding carboxylic acids is 3. The first-order valence-electron chi connectivity index (χ1n) is 15.1. The van der Waals surface area contributed by atoms with Crippen LogP contribution in [0.4, 0.5) is 10.5 Å². The molecule has 0 spiro atoms. The molecule has 2 N–H and O–H groups in total. The van der Waals surface area contributed by atoms with Gasteiger partial charge in [-0.25, -0.2) is 4.79 Å². The maximum atomic E-state index is 14.4. The van der Waals surface area contributed by atoms with Crippen molar-refractivity contribution in [2.75, 3.05) is 4.90 Å². The van der Waals surface area contributed by atoms with Crippen molar-refractivity contribution in [3.63, 3.8) is 0 Å². The Balaban J connectivity index is 1.74. The summed E-state index contributed by atoms with van der Waals surface area (Å²) in [6, 6.07) is 23.4. The molecule has 0 aromatic heterocycles. The average molecular weight is 604 g/mol. The molecular weight excluding hydrogens is 562 g/mol. The fraction of sp³-hybridized carbons (Fsp3) is 0.400. The number of alkyl carbamates (subject to hydrolysis) is 1. The first kappa shape index (κ1) is 32.1. The molecule has 1 aliphatic rings. The van der Waals surface area contributed by atoms with Crippen LogP contribution in [0.2, 0.25) is 5.02 Å². The molecule has 1 unspecified atom stereocenters. The lowest BCUT2D eigenvalue weighted by Gasteiger charge is -2.34. The Bertz CT molecular complexity index is 1380. The number of aryl methyl sites for hydroxylation is 1. The zero-order chi connectivity index (χ0) is 30.8. The fourth-order valence-electron chi connectivity index (χ4n) is 5.43. The number of ether oxygens (including phenoxy) is 1. The molecule has 0 radical (unpaired) electrons. The molecule has 4 rings (SSSR count). The highest BCUT2D eigenvalue weighted by molar-refractivity contribution is 6.34. The second-order valence-electron chi connectivity index (χ2n) is 12.0. The second-order valence-corrected chi connectivity index (χ2v) is 12.4. The van der Waals surface area contributed by atoms with Crippen molar-refractivity contribution in [3.8, 4) is 0 Å². The van der Waals surface area contributed by atoms with E-state index in [1.54, 1.807) is 49.9 Å². The van der Waals surface area contributed by atoms with E-state index in [-0.39, 0.29) is 24.4 Å². The number of hydrogen-bond donors (Lipinski definition) is 2. The van der Waals surface area contributed by atoms with Gasteiger partial charge < -0.3 is 15.4 Å². The van der Waals surface area contributed by atoms with Crippen molar-refractivity contribution < 1.29 is 19.1 Å². The third-order valence-corrected chi connectivity index (χ3v) is 7.84. The van der Waals surface area contributed by atoms with E-state index >= 15 is 0 Å². The largest absolute Gasteiger partial charge is 0.444 e. The van der Waals surface area contributed by atoms with Gasteiger partial charge in [0.1, 0.15) is 11.6 Å². The third kappa shape index (κ3) is 9.32. The number of amides is 3. The number of carbonyl (C=O) groups is 3. The van der Waals surface area contributed by atoms with E-state index in [0.29, 0.717) is 34.7 Å². The van der Waals surface area contributed by atoms with Crippen LogP contribution in [0.5, 0.6) is 0 Å². The molecule has 1 atom stereocenters. The van der Waals surface area contributed by atoms with E-state index < -0.39 is 17.7 Å². The van der Waals surface area contributed by atoms with Gasteiger partial charge in [0.25, 0.3) is 5.91 Å². The summed E-state index contributed by atoms with van der Waals surface area (Å²) in [6.07, 6.45) is 5.57. The Morgan fingerprint density at radius 2 is 1.56 bits per heavy atom. The molecule has 0 aliphatic heterocycles. The standard InChI is InChI=1S/C35H42ClN3O4/c1-35(2,3)43-34(42)37-24-26-16-10-13-21-30(26)39(33(41)28-19-11-12-20-29(28)36)31(23-22-25-14-6-4-7-15-25)32(40)38-27-17-8-5-9-18-27/h4,6-7,10-16,19-21,27,31H,5,8-9,17-18,22-24H2,1-3H3,(H,37,42)(H,38,40). The quantitative estimate of drug-likeness (QED) is 0.252. The first-order chi connectivity index (χ1) is 20.6. The van der Waals surface area contributed by atoms with Crippen molar-refractivity contribution >= 4 is 35.2 Å². The Morgan fingerprint density at radius 1 is 0.907 bits per heavy atom. The Kier molecular flexibility index (Phi) is 11.2. The minimum absolute atomic E-state index is 0.0711. The van der Waals surface area contributed by atoms with Gasteiger partial charge in [-0.15, -0.1) is 0 Å². The van der Waals surface area contributed by atoms with E-state index in [2.05, 4.69) is 10.6 Å². The summed E-state index contributed by atoms with van der Waals surface area (Å²) in [4.78, 5) is 42.7. The Hall–Kier alpha value is -3.84. The lowest BCUT2D eigenvalue weighted by atomic mass is 9.94. The topological polar surface area (TPSA) is 87.7 Å². The molecule has 43 heavy (non-hydrogen) atoms. The fourth-order valence-corrected chi connectivity index (χ4v) is 5.65. The molecule has 3 aromatic rings. The molecule has 0 bridgehead atoms. The summed E-state index contributed by atoms with van der Waals surface area (Å²) in [7, 11) is 0. The van der Waals surface area contributed by atoms with E-state index in [1.807, 2.05) is 54.6 Å². The summed E-state index contributed by atoms with van der Waals surface area (Å²) in [6.45, 7) is 5.50. The third-order valence-electron chi connectivity index (χ3n) is 7.51. The SMILES string of the molecule is CC(C)(C)OC(=O)NCc1ccccc1N(C(=O)c1ccccc1Cl)C(CCc1ccccc1)C(=O)NC1CCCCC1. The van der Waals surface area contributed by atoms with Gasteiger partial charge in [-0.2, -0.15) is 0 Å². The predicted octanol–water partition coefficient (Wildman–Crippen LogP) is 7.46. The maximum absolute atomic E-state index is 14.4. The van der Waals surface area contributed by atoms with E-state index in [1.165, 1.54) is 6.42 Å². The summed E-state index contributed by atoms with van der Waals surface area (Å²) >= 11 is 6.55. The lowest BCUT2D eigenvalue weighted by molar-refractivity contribution is -0.123. The highest BCUT2D eigenvalue weighted by Gasteiger charge is 2.35. The van der Waals surface area contributed by atoms with Gasteiger partial charge in [0.2, 0.25) is 5.91 Å². The van der Waals surface area contributed by atoms with Gasteiger partial charge in [-0.1, -0.05) is 91.5 Å². The smallest absolute Gasteiger partial charge is 0.407 e. The normalized spacial score (nSPS) is 14.4. The number of rotatable bonds is 10. The van der Waals surface area contributed by atoms with Gasteiger partial charge in [-0.3, -0.25) is 14.5 Å². The van der Waals surface area contributed by atoms with Crippen molar-refractivity contribution in [2.24, 2.45) is 0 Å². The van der Waals surface area contributed by atoms with E-state index in [4.69, 9.17) is 16.3 Å². The molecular formula is C35H42ClN3O4. The zero-order valence-electron chi connectivity index (χ0n) is 25.3. The van der Waals surface area contributed by atoms with Crippen LogP contribution in [0.3, 0.4) is 0 Å². The monoisotopic (exact) mass is 603 g/mol. The van der Waals surface area contributed by atoms with Crippen LogP contribution in [0, 0.1) is 0 Å². The van der Waals surface area contributed by atoms with E-state index in [0.717, 1.165) is 31.2 Å². The Morgan fingerprint density at radius 3 is 2.26 bits per heavy atom. The van der Waals surface area contributed by atoms with Crippen LogP contribution in [-0.4, -0.2) is 35.6 Å². The zero-order valence-corrected chi connectivity index (χ0v) is 26.0. The molecule has 1 fully saturated rings. The van der Waals surface area contributed by atoms with Crippen LogP contribution >= 0.6 is 11.6 Å². The summed E-state index contributed by atoms with van der Waals surface area (Å²) < 4.78 is 5.44. The van der Waals surface area contributed by atoms with Crippen molar-refractivity contribution in [1.82, 2.24) is 10.6 Å². The van der Waals surface area contributed by atoms with Crippen molar-refractivity contribution in [1.29, 1.82) is 0 Å². The second kappa shape index (κ2) is 15.1. The average Bonchev–Trinajstić information content (AvgIpc) is 2.98.